The molecule has 0 saturated carbocycles. The van der Waals surface area contributed by atoms with Gasteiger partial charge < -0.3 is 5.73 Å². The Labute approximate surface area is 139 Å². The first-order chi connectivity index (χ1) is 10.1. The molecule has 6 heteroatoms. The number of nitrogen functional groups attached to an aromatic ring is 1. The second kappa shape index (κ2) is 5.65. The molecule has 0 aliphatic carbocycles. The maximum Gasteiger partial charge on any atom is 0.153 e. The molecule has 0 amide bonds. The number of rotatable bonds is 2. The molecule has 1 aromatic heterocycles. The van der Waals surface area contributed by atoms with E-state index in [0.717, 1.165) is 14.8 Å². The topological polar surface area (TPSA) is 54.7 Å². The Morgan fingerprint density at radius 1 is 1.19 bits per heavy atom. The SMILES string of the molecule is Nc1n[nH]c(-c2cc(Cl)ccc2I)c1-c1cccc(F)c1. The molecule has 0 aliphatic heterocycles. The molecule has 0 fully saturated rings. The first kappa shape index (κ1) is 14.3. The monoisotopic (exact) mass is 413 g/mol. The van der Waals surface area contributed by atoms with E-state index in [2.05, 4.69) is 32.8 Å². The maximum atomic E-state index is 13.5. The third-order valence-electron chi connectivity index (χ3n) is 3.11. The van der Waals surface area contributed by atoms with Gasteiger partial charge in [0, 0.05) is 14.2 Å². The number of nitrogens with one attached hydrogen (secondary N) is 1. The molecule has 3 rings (SSSR count). The Morgan fingerprint density at radius 3 is 2.76 bits per heavy atom. The second-order valence-electron chi connectivity index (χ2n) is 4.49. The van der Waals surface area contributed by atoms with Gasteiger partial charge in [0.1, 0.15) is 5.82 Å². The Bertz CT molecular complexity index is 816. The summed E-state index contributed by atoms with van der Waals surface area (Å²) in [6.07, 6.45) is 0. The van der Waals surface area contributed by atoms with Crippen molar-refractivity contribution < 1.29 is 4.39 Å². The standard InChI is InChI=1S/C15H10ClFIN3/c16-9-4-5-12(18)11(7-9)14-13(15(19)21-20-14)8-2-1-3-10(17)6-8/h1-7H,(H3,19,20,21). The highest BCUT2D eigenvalue weighted by Crippen LogP contribution is 2.37. The molecule has 21 heavy (non-hydrogen) atoms. The number of halogens is 3. The quantitative estimate of drug-likeness (QED) is 0.597. The van der Waals surface area contributed by atoms with Crippen molar-refractivity contribution in [3.63, 3.8) is 0 Å². The zero-order chi connectivity index (χ0) is 15.0. The van der Waals surface area contributed by atoms with Crippen molar-refractivity contribution in [3.05, 3.63) is 56.9 Å². The fourth-order valence-corrected chi connectivity index (χ4v) is 2.95. The smallest absolute Gasteiger partial charge is 0.153 e. The lowest BCUT2D eigenvalue weighted by Gasteiger charge is -2.07. The van der Waals surface area contributed by atoms with E-state index in [0.29, 0.717) is 22.0 Å². The van der Waals surface area contributed by atoms with Crippen molar-refractivity contribution >= 4 is 40.0 Å². The predicted octanol–water partition coefficient (Wildman–Crippen LogP) is 4.72. The molecule has 1 heterocycles. The van der Waals surface area contributed by atoms with Gasteiger partial charge in [-0.2, -0.15) is 5.10 Å². The average Bonchev–Trinajstić information content (AvgIpc) is 2.83. The molecule has 106 valence electrons. The molecule has 0 radical (unpaired) electrons. The average molecular weight is 414 g/mol. The van der Waals surface area contributed by atoms with E-state index >= 15 is 0 Å². The first-order valence-corrected chi connectivity index (χ1v) is 7.57. The van der Waals surface area contributed by atoms with Crippen molar-refractivity contribution in [3.8, 4) is 22.4 Å². The summed E-state index contributed by atoms with van der Waals surface area (Å²) in [6.45, 7) is 0. The van der Waals surface area contributed by atoms with Gasteiger partial charge in [-0.15, -0.1) is 0 Å². The van der Waals surface area contributed by atoms with E-state index < -0.39 is 0 Å². The summed E-state index contributed by atoms with van der Waals surface area (Å²) >= 11 is 8.28. The summed E-state index contributed by atoms with van der Waals surface area (Å²) in [5.41, 5.74) is 8.91. The summed E-state index contributed by atoms with van der Waals surface area (Å²) in [7, 11) is 0. The van der Waals surface area contributed by atoms with Crippen LogP contribution >= 0.6 is 34.2 Å². The summed E-state index contributed by atoms with van der Waals surface area (Å²) in [4.78, 5) is 0. The lowest BCUT2D eigenvalue weighted by atomic mass is 10.0. The van der Waals surface area contributed by atoms with Gasteiger partial charge >= 0.3 is 0 Å². The fourth-order valence-electron chi connectivity index (χ4n) is 2.18. The largest absolute Gasteiger partial charge is 0.382 e. The number of H-pyrrole nitrogens is 1. The van der Waals surface area contributed by atoms with Gasteiger partial charge in [0.15, 0.2) is 5.82 Å². The highest BCUT2D eigenvalue weighted by molar-refractivity contribution is 14.1. The van der Waals surface area contributed by atoms with Crippen molar-refractivity contribution in [1.29, 1.82) is 0 Å². The maximum absolute atomic E-state index is 13.5. The molecular formula is C15H10ClFIN3. The Morgan fingerprint density at radius 2 is 2.00 bits per heavy atom. The molecule has 0 bridgehead atoms. The van der Waals surface area contributed by atoms with E-state index in [4.69, 9.17) is 17.3 Å². The normalized spacial score (nSPS) is 10.8. The number of nitrogens with zero attached hydrogens (tertiary/aromatic N) is 1. The molecule has 0 unspecified atom stereocenters. The van der Waals surface area contributed by atoms with Crippen LogP contribution in [0.2, 0.25) is 5.02 Å². The molecule has 2 aromatic carbocycles. The molecule has 3 nitrogen and oxygen atoms in total. The van der Waals surface area contributed by atoms with Crippen molar-refractivity contribution in [2.45, 2.75) is 0 Å². The zero-order valence-electron chi connectivity index (χ0n) is 10.7. The molecule has 3 aromatic rings. The van der Waals surface area contributed by atoms with Crippen molar-refractivity contribution in [2.24, 2.45) is 0 Å². The molecule has 0 atom stereocenters. The molecule has 0 spiro atoms. The van der Waals surface area contributed by atoms with Crippen LogP contribution in [0.3, 0.4) is 0 Å². The van der Waals surface area contributed by atoms with E-state index in [-0.39, 0.29) is 5.82 Å². The minimum Gasteiger partial charge on any atom is -0.382 e. The third-order valence-corrected chi connectivity index (χ3v) is 4.28. The van der Waals surface area contributed by atoms with E-state index in [1.165, 1.54) is 12.1 Å². The van der Waals surface area contributed by atoms with Gasteiger partial charge in [-0.1, -0.05) is 23.7 Å². The van der Waals surface area contributed by atoms with E-state index in [9.17, 15) is 4.39 Å². The summed E-state index contributed by atoms with van der Waals surface area (Å²) in [6, 6.07) is 11.8. The van der Waals surface area contributed by atoms with E-state index in [1.54, 1.807) is 12.1 Å². The van der Waals surface area contributed by atoms with Gasteiger partial charge in [-0.25, -0.2) is 4.39 Å². The highest BCUT2D eigenvalue weighted by atomic mass is 127. The van der Waals surface area contributed by atoms with Crippen LogP contribution in [-0.2, 0) is 0 Å². The molecule has 0 aliphatic rings. The van der Waals surface area contributed by atoms with Crippen LogP contribution in [0.4, 0.5) is 10.2 Å². The summed E-state index contributed by atoms with van der Waals surface area (Å²) < 4.78 is 14.5. The van der Waals surface area contributed by atoms with Crippen LogP contribution in [0.25, 0.3) is 22.4 Å². The number of benzene rings is 2. The molecular weight excluding hydrogens is 404 g/mol. The molecule has 3 N–H and O–H groups in total. The minimum atomic E-state index is -0.320. The van der Waals surface area contributed by atoms with Crippen LogP contribution in [0.1, 0.15) is 0 Å². The first-order valence-electron chi connectivity index (χ1n) is 6.11. The van der Waals surface area contributed by atoms with Crippen LogP contribution in [-0.4, -0.2) is 10.2 Å². The van der Waals surface area contributed by atoms with Crippen LogP contribution in [0.5, 0.6) is 0 Å². The van der Waals surface area contributed by atoms with Crippen LogP contribution in [0, 0.1) is 9.39 Å². The third kappa shape index (κ3) is 2.75. The number of hydrogen-bond acceptors (Lipinski definition) is 2. The molecule has 0 saturated heterocycles. The number of aromatic nitrogens is 2. The van der Waals surface area contributed by atoms with Crippen molar-refractivity contribution in [2.75, 3.05) is 5.73 Å². The van der Waals surface area contributed by atoms with Crippen molar-refractivity contribution in [1.82, 2.24) is 10.2 Å². The second-order valence-corrected chi connectivity index (χ2v) is 6.09. The lowest BCUT2D eigenvalue weighted by Crippen LogP contribution is -1.90. The number of anilines is 1. The fraction of sp³-hybridized carbons (Fsp3) is 0. The Kier molecular flexibility index (Phi) is 3.86. The van der Waals surface area contributed by atoms with Gasteiger partial charge in [0.25, 0.3) is 0 Å². The number of aromatic amines is 1. The van der Waals surface area contributed by atoms with Crippen LogP contribution < -0.4 is 5.73 Å². The summed E-state index contributed by atoms with van der Waals surface area (Å²) in [5, 5.41) is 7.58. The van der Waals surface area contributed by atoms with Crippen LogP contribution in [0.15, 0.2) is 42.5 Å². The number of hydrogen-bond donors (Lipinski definition) is 2. The van der Waals surface area contributed by atoms with Gasteiger partial charge in [0.2, 0.25) is 0 Å². The minimum absolute atomic E-state index is 0.320. The summed E-state index contributed by atoms with van der Waals surface area (Å²) in [5.74, 6) is 0.00576. The predicted molar refractivity (Wildman–Crippen MR) is 91.6 cm³/mol. The Hall–Kier alpha value is -1.60. The number of nitrogens with two attached hydrogens (primary N) is 1. The van der Waals surface area contributed by atoms with Gasteiger partial charge in [-0.05, 0) is 58.5 Å². The lowest BCUT2D eigenvalue weighted by molar-refractivity contribution is 0.628. The highest BCUT2D eigenvalue weighted by Gasteiger charge is 2.17. The van der Waals surface area contributed by atoms with E-state index in [1.807, 2.05) is 18.2 Å². The Balaban J connectivity index is 2.24. The van der Waals surface area contributed by atoms with Gasteiger partial charge in [0.05, 0.1) is 11.3 Å². The van der Waals surface area contributed by atoms with Gasteiger partial charge in [-0.3, -0.25) is 5.10 Å². The zero-order valence-corrected chi connectivity index (χ0v) is 13.6.